The number of likely N-dealkylation sites (N-methyl/N-ethyl adjacent to an activating group) is 1. The van der Waals surface area contributed by atoms with Crippen molar-refractivity contribution in [1.82, 2.24) is 4.90 Å². The third-order valence-corrected chi connectivity index (χ3v) is 4.36. The van der Waals surface area contributed by atoms with Crippen LogP contribution >= 0.6 is 0 Å². The summed E-state index contributed by atoms with van der Waals surface area (Å²) in [5.74, 6) is 0. The van der Waals surface area contributed by atoms with Gasteiger partial charge in [0.1, 0.15) is 0 Å². The van der Waals surface area contributed by atoms with Crippen molar-refractivity contribution in [1.29, 1.82) is 0 Å². The molecule has 0 aromatic heterocycles. The number of rotatable bonds is 10. The van der Waals surface area contributed by atoms with Gasteiger partial charge in [0.2, 0.25) is 0 Å². The van der Waals surface area contributed by atoms with E-state index < -0.39 is 0 Å². The van der Waals surface area contributed by atoms with E-state index in [2.05, 4.69) is 39.6 Å². The van der Waals surface area contributed by atoms with Gasteiger partial charge in [0.25, 0.3) is 0 Å². The maximum Gasteiger partial charge on any atom is 0.0303 e. The first-order valence-electron chi connectivity index (χ1n) is 7.44. The van der Waals surface area contributed by atoms with Gasteiger partial charge < -0.3 is 5.73 Å². The first-order valence-corrected chi connectivity index (χ1v) is 7.44. The van der Waals surface area contributed by atoms with Crippen molar-refractivity contribution in [3.63, 3.8) is 0 Å². The number of hydrogen-bond acceptors (Lipinski definition) is 2. The van der Waals surface area contributed by atoms with Crippen LogP contribution in [0.4, 0.5) is 0 Å². The molecule has 2 nitrogen and oxygen atoms in total. The normalized spacial score (nSPS) is 17.1. The summed E-state index contributed by atoms with van der Waals surface area (Å²) in [6.45, 7) is 9.89. The lowest BCUT2D eigenvalue weighted by atomic mass is 9.91. The summed E-state index contributed by atoms with van der Waals surface area (Å²) in [5, 5.41) is 0. The number of nitrogens with zero attached hydrogens (tertiary/aromatic N) is 1. The molecule has 0 radical (unpaired) electrons. The van der Waals surface area contributed by atoms with Crippen molar-refractivity contribution in [2.24, 2.45) is 5.73 Å². The monoisotopic (exact) mass is 242 g/mol. The van der Waals surface area contributed by atoms with Crippen LogP contribution in [0.2, 0.25) is 0 Å². The van der Waals surface area contributed by atoms with Crippen LogP contribution in [0.25, 0.3) is 0 Å². The van der Waals surface area contributed by atoms with Gasteiger partial charge in [0.15, 0.2) is 0 Å². The van der Waals surface area contributed by atoms with Crippen LogP contribution in [0.5, 0.6) is 0 Å². The van der Waals surface area contributed by atoms with Crippen LogP contribution in [-0.4, -0.2) is 30.1 Å². The third-order valence-electron chi connectivity index (χ3n) is 4.36. The van der Waals surface area contributed by atoms with E-state index in [0.29, 0.717) is 6.04 Å². The van der Waals surface area contributed by atoms with E-state index in [0.717, 1.165) is 6.54 Å². The molecular formula is C15H34N2. The van der Waals surface area contributed by atoms with E-state index in [1.807, 2.05) is 0 Å². The fourth-order valence-corrected chi connectivity index (χ4v) is 2.34. The maximum absolute atomic E-state index is 6.00. The minimum atomic E-state index is 0.182. The van der Waals surface area contributed by atoms with Gasteiger partial charge in [-0.3, -0.25) is 4.90 Å². The highest BCUT2D eigenvalue weighted by Crippen LogP contribution is 2.23. The minimum Gasteiger partial charge on any atom is -0.329 e. The summed E-state index contributed by atoms with van der Waals surface area (Å²) in [5.41, 5.74) is 6.18. The van der Waals surface area contributed by atoms with Gasteiger partial charge in [-0.05, 0) is 33.7 Å². The van der Waals surface area contributed by atoms with Crippen molar-refractivity contribution in [2.45, 2.75) is 84.2 Å². The molecule has 0 saturated carbocycles. The highest BCUT2D eigenvalue weighted by atomic mass is 15.2. The Morgan fingerprint density at radius 1 is 1.12 bits per heavy atom. The van der Waals surface area contributed by atoms with Crippen LogP contribution in [0.1, 0.15) is 72.6 Å². The van der Waals surface area contributed by atoms with Crippen molar-refractivity contribution in [2.75, 3.05) is 13.6 Å². The van der Waals surface area contributed by atoms with Crippen LogP contribution in [0.3, 0.4) is 0 Å². The Hall–Kier alpha value is -0.0800. The Labute approximate surface area is 109 Å². The molecule has 0 fully saturated rings. The first-order chi connectivity index (χ1) is 8.01. The summed E-state index contributed by atoms with van der Waals surface area (Å²) < 4.78 is 0. The van der Waals surface area contributed by atoms with Gasteiger partial charge in [-0.1, -0.05) is 46.0 Å². The lowest BCUT2D eigenvalue weighted by Crippen LogP contribution is -2.53. The molecule has 0 spiro atoms. The molecule has 0 aromatic carbocycles. The van der Waals surface area contributed by atoms with Crippen molar-refractivity contribution < 1.29 is 0 Å². The fraction of sp³-hybridized carbons (Fsp3) is 1.00. The molecule has 0 rings (SSSR count). The zero-order valence-electron chi connectivity index (χ0n) is 12.8. The zero-order chi connectivity index (χ0) is 13.3. The van der Waals surface area contributed by atoms with E-state index in [-0.39, 0.29) is 5.54 Å². The summed E-state index contributed by atoms with van der Waals surface area (Å²) in [6.07, 6.45) is 9.17. The Balaban J connectivity index is 4.08. The Kier molecular flexibility index (Phi) is 8.89. The second-order valence-electron chi connectivity index (χ2n) is 5.73. The van der Waals surface area contributed by atoms with Crippen LogP contribution in [-0.2, 0) is 0 Å². The Morgan fingerprint density at radius 2 is 1.71 bits per heavy atom. The lowest BCUT2D eigenvalue weighted by molar-refractivity contribution is 0.0872. The molecular weight excluding hydrogens is 208 g/mol. The third kappa shape index (κ3) is 5.87. The molecule has 0 aliphatic heterocycles. The van der Waals surface area contributed by atoms with Crippen LogP contribution in [0.15, 0.2) is 0 Å². The van der Waals surface area contributed by atoms with Gasteiger partial charge in [-0.25, -0.2) is 0 Å². The zero-order valence-corrected chi connectivity index (χ0v) is 12.8. The quantitative estimate of drug-likeness (QED) is 0.591. The van der Waals surface area contributed by atoms with E-state index >= 15 is 0 Å². The summed E-state index contributed by atoms with van der Waals surface area (Å²) >= 11 is 0. The van der Waals surface area contributed by atoms with Gasteiger partial charge in [0, 0.05) is 18.1 Å². The van der Waals surface area contributed by atoms with Crippen LogP contribution < -0.4 is 5.73 Å². The molecule has 2 unspecified atom stereocenters. The summed E-state index contributed by atoms with van der Waals surface area (Å²) in [6, 6.07) is 0.624. The SMILES string of the molecule is CCCCCCCC(C)(CN)N(C)C(C)CC. The average molecular weight is 242 g/mol. The van der Waals surface area contributed by atoms with E-state index in [4.69, 9.17) is 5.73 Å². The van der Waals surface area contributed by atoms with Crippen molar-refractivity contribution in [3.8, 4) is 0 Å². The topological polar surface area (TPSA) is 29.3 Å². The fourth-order valence-electron chi connectivity index (χ4n) is 2.34. The minimum absolute atomic E-state index is 0.182. The second-order valence-corrected chi connectivity index (χ2v) is 5.73. The molecule has 0 aromatic rings. The largest absolute Gasteiger partial charge is 0.329 e. The molecule has 0 aliphatic carbocycles. The van der Waals surface area contributed by atoms with Gasteiger partial charge in [-0.2, -0.15) is 0 Å². The van der Waals surface area contributed by atoms with Crippen molar-refractivity contribution >= 4 is 0 Å². The average Bonchev–Trinajstić information content (AvgIpc) is 2.36. The molecule has 2 N–H and O–H groups in total. The Morgan fingerprint density at radius 3 is 2.18 bits per heavy atom. The van der Waals surface area contributed by atoms with E-state index in [1.54, 1.807) is 0 Å². The smallest absolute Gasteiger partial charge is 0.0303 e. The Bertz CT molecular complexity index is 182. The molecule has 0 saturated heterocycles. The summed E-state index contributed by atoms with van der Waals surface area (Å²) in [4.78, 5) is 2.48. The van der Waals surface area contributed by atoms with Gasteiger partial charge in [0.05, 0.1) is 0 Å². The number of unbranched alkanes of at least 4 members (excludes halogenated alkanes) is 4. The standard InChI is InChI=1S/C15H34N2/c1-6-8-9-10-11-12-15(4,13-16)17(5)14(3)7-2/h14H,6-13,16H2,1-5H3. The number of hydrogen-bond donors (Lipinski definition) is 1. The van der Waals surface area contributed by atoms with Gasteiger partial charge >= 0.3 is 0 Å². The highest BCUT2D eigenvalue weighted by molar-refractivity contribution is 4.87. The van der Waals surface area contributed by atoms with E-state index in [1.165, 1.54) is 44.9 Å². The predicted molar refractivity (Wildman–Crippen MR) is 78.4 cm³/mol. The first kappa shape index (κ1) is 16.9. The second kappa shape index (κ2) is 8.93. The molecule has 0 amide bonds. The predicted octanol–water partition coefficient (Wildman–Crippen LogP) is 3.79. The molecule has 0 heterocycles. The molecule has 0 bridgehead atoms. The number of nitrogens with two attached hydrogens (primary N) is 1. The highest BCUT2D eigenvalue weighted by Gasteiger charge is 2.29. The summed E-state index contributed by atoms with van der Waals surface area (Å²) in [7, 11) is 2.23. The molecule has 0 aliphatic rings. The maximum atomic E-state index is 6.00. The van der Waals surface area contributed by atoms with Crippen molar-refractivity contribution in [3.05, 3.63) is 0 Å². The molecule has 104 valence electrons. The molecule has 2 heteroatoms. The van der Waals surface area contributed by atoms with E-state index in [9.17, 15) is 0 Å². The van der Waals surface area contributed by atoms with Gasteiger partial charge in [-0.15, -0.1) is 0 Å². The molecule has 17 heavy (non-hydrogen) atoms. The van der Waals surface area contributed by atoms with Crippen LogP contribution in [0, 0.1) is 0 Å². The lowest BCUT2D eigenvalue weighted by Gasteiger charge is -2.42. The molecule has 2 atom stereocenters.